The lowest BCUT2D eigenvalue weighted by molar-refractivity contribution is 0.145. The smallest absolute Gasteiger partial charge is 0.127 e. The Bertz CT molecular complexity index is 660. The van der Waals surface area contributed by atoms with Gasteiger partial charge < -0.3 is 4.57 Å². The highest BCUT2D eigenvalue weighted by Gasteiger charge is 2.36. The molecule has 3 rings (SSSR count). The maximum atomic E-state index is 6.44. The molecule has 1 fully saturated rings. The second kappa shape index (κ2) is 5.58. The fourth-order valence-corrected chi connectivity index (χ4v) is 4.15. The van der Waals surface area contributed by atoms with Gasteiger partial charge in [-0.25, -0.2) is 4.98 Å². The van der Waals surface area contributed by atoms with Crippen LogP contribution in [0.5, 0.6) is 0 Å². The molecule has 114 valence electrons. The number of aromatic nitrogens is 2. The molecule has 1 aliphatic rings. The normalized spacial score (nSPS) is 23.4. The van der Waals surface area contributed by atoms with Crippen LogP contribution in [0.25, 0.3) is 11.0 Å². The maximum absolute atomic E-state index is 6.44. The van der Waals surface area contributed by atoms with Gasteiger partial charge in [0.2, 0.25) is 0 Å². The molecule has 1 aromatic heterocycles. The fraction of sp³-hybridized carbons (Fsp3) is 0.588. The zero-order chi connectivity index (χ0) is 15.2. The first-order chi connectivity index (χ1) is 9.90. The van der Waals surface area contributed by atoms with Crippen LogP contribution in [0.2, 0.25) is 0 Å². The van der Waals surface area contributed by atoms with E-state index in [4.69, 9.17) is 16.6 Å². The molecule has 0 amide bonds. The van der Waals surface area contributed by atoms with Crippen molar-refractivity contribution in [2.45, 2.75) is 57.9 Å². The third kappa shape index (κ3) is 2.75. The van der Waals surface area contributed by atoms with Crippen molar-refractivity contribution in [3.05, 3.63) is 28.5 Å². The number of nitrogens with zero attached hydrogens (tertiary/aromatic N) is 2. The molecule has 1 aromatic carbocycles. The van der Waals surface area contributed by atoms with Crippen LogP contribution in [0.4, 0.5) is 0 Å². The minimum absolute atomic E-state index is 0.0751. The summed E-state index contributed by atoms with van der Waals surface area (Å²) in [6.07, 6.45) is 5.09. The molecule has 21 heavy (non-hydrogen) atoms. The summed E-state index contributed by atoms with van der Waals surface area (Å²) in [5.74, 6) is 1.00. The molecule has 2 atom stereocenters. The first-order valence-electron chi connectivity index (χ1n) is 7.71. The Kier molecular flexibility index (Phi) is 4.08. The maximum Gasteiger partial charge on any atom is 0.127 e. The van der Waals surface area contributed by atoms with E-state index < -0.39 is 0 Å². The minimum atomic E-state index is -0.0751. The van der Waals surface area contributed by atoms with E-state index >= 15 is 0 Å². The van der Waals surface area contributed by atoms with Gasteiger partial charge in [-0.1, -0.05) is 42.6 Å². The van der Waals surface area contributed by atoms with E-state index in [0.29, 0.717) is 6.04 Å². The van der Waals surface area contributed by atoms with Crippen LogP contribution >= 0.6 is 27.5 Å². The van der Waals surface area contributed by atoms with Crippen molar-refractivity contribution in [3.63, 3.8) is 0 Å². The van der Waals surface area contributed by atoms with Crippen molar-refractivity contribution in [3.8, 4) is 0 Å². The third-order valence-electron chi connectivity index (χ3n) is 4.80. The van der Waals surface area contributed by atoms with Crippen LogP contribution in [0.15, 0.2) is 22.7 Å². The molecule has 1 aliphatic carbocycles. The molecule has 0 radical (unpaired) electrons. The Labute approximate surface area is 140 Å². The number of benzene rings is 1. The van der Waals surface area contributed by atoms with Gasteiger partial charge in [-0.2, -0.15) is 0 Å². The van der Waals surface area contributed by atoms with Crippen LogP contribution in [-0.2, 0) is 0 Å². The Hall–Kier alpha value is -0.540. The second-order valence-corrected chi connectivity index (χ2v) is 8.41. The lowest BCUT2D eigenvalue weighted by Gasteiger charge is -2.40. The predicted octanol–water partition coefficient (Wildman–Crippen LogP) is 6.24. The van der Waals surface area contributed by atoms with E-state index in [1.165, 1.54) is 31.2 Å². The molecule has 1 saturated carbocycles. The number of rotatable bonds is 2. The zero-order valence-corrected chi connectivity index (χ0v) is 15.2. The molecule has 1 heterocycles. The van der Waals surface area contributed by atoms with Crippen LogP contribution < -0.4 is 0 Å². The highest BCUT2D eigenvalue weighted by atomic mass is 79.9. The summed E-state index contributed by atoms with van der Waals surface area (Å²) < 4.78 is 3.51. The molecule has 2 nitrogen and oxygen atoms in total. The summed E-state index contributed by atoms with van der Waals surface area (Å²) in [6, 6.07) is 6.78. The standard InChI is InChI=1S/C17H22BrClN2/c1-11(19)16-20-13-8-7-12(18)10-14(13)21(16)15-6-4-5-9-17(15,2)3/h7-8,10-11,15H,4-6,9H2,1-3H3. The van der Waals surface area contributed by atoms with E-state index in [-0.39, 0.29) is 10.8 Å². The van der Waals surface area contributed by atoms with E-state index in [9.17, 15) is 0 Å². The molecule has 0 aliphatic heterocycles. The van der Waals surface area contributed by atoms with Gasteiger partial charge in [-0.05, 0) is 43.4 Å². The van der Waals surface area contributed by atoms with Crippen LogP contribution in [0.1, 0.15) is 63.7 Å². The summed E-state index contributed by atoms with van der Waals surface area (Å²) in [7, 11) is 0. The molecule has 2 unspecified atom stereocenters. The first kappa shape index (κ1) is 15.4. The second-order valence-electron chi connectivity index (χ2n) is 6.84. The van der Waals surface area contributed by atoms with E-state index in [1.54, 1.807) is 0 Å². The SMILES string of the molecule is CC(Cl)c1nc2ccc(Br)cc2n1C1CCCCC1(C)C. The van der Waals surface area contributed by atoms with Gasteiger partial charge in [-0.3, -0.25) is 0 Å². The average Bonchev–Trinajstić information content (AvgIpc) is 2.77. The van der Waals surface area contributed by atoms with Gasteiger partial charge in [0.05, 0.1) is 16.4 Å². The molecule has 0 bridgehead atoms. The lowest BCUT2D eigenvalue weighted by Crippen LogP contribution is -2.31. The van der Waals surface area contributed by atoms with Crippen molar-refractivity contribution in [1.82, 2.24) is 9.55 Å². The van der Waals surface area contributed by atoms with Crippen molar-refractivity contribution >= 4 is 38.6 Å². The first-order valence-corrected chi connectivity index (χ1v) is 8.94. The molecule has 4 heteroatoms. The highest BCUT2D eigenvalue weighted by Crippen LogP contribution is 2.46. The van der Waals surface area contributed by atoms with Crippen molar-refractivity contribution in [2.24, 2.45) is 5.41 Å². The zero-order valence-electron chi connectivity index (χ0n) is 12.9. The number of halogens is 2. The molecule has 0 spiro atoms. The lowest BCUT2D eigenvalue weighted by atomic mass is 9.73. The molecule has 2 aromatic rings. The molecular weight excluding hydrogens is 348 g/mol. The van der Waals surface area contributed by atoms with E-state index in [0.717, 1.165) is 15.8 Å². The van der Waals surface area contributed by atoms with Gasteiger partial charge in [0, 0.05) is 10.5 Å². The molecule has 0 N–H and O–H groups in total. The Morgan fingerprint density at radius 1 is 1.38 bits per heavy atom. The topological polar surface area (TPSA) is 17.8 Å². The van der Waals surface area contributed by atoms with Crippen LogP contribution in [0, 0.1) is 5.41 Å². The minimum Gasteiger partial charge on any atom is -0.323 e. The Morgan fingerprint density at radius 2 is 2.14 bits per heavy atom. The van der Waals surface area contributed by atoms with Crippen molar-refractivity contribution < 1.29 is 0 Å². The van der Waals surface area contributed by atoms with Gasteiger partial charge in [-0.15, -0.1) is 11.6 Å². The van der Waals surface area contributed by atoms with E-state index in [2.05, 4.69) is 46.5 Å². The van der Waals surface area contributed by atoms with Gasteiger partial charge >= 0.3 is 0 Å². The monoisotopic (exact) mass is 368 g/mol. The molecular formula is C17H22BrClN2. The van der Waals surface area contributed by atoms with Crippen molar-refractivity contribution in [2.75, 3.05) is 0 Å². The predicted molar refractivity (Wildman–Crippen MR) is 93.0 cm³/mol. The summed E-state index contributed by atoms with van der Waals surface area (Å²) >= 11 is 10.0. The summed E-state index contributed by atoms with van der Waals surface area (Å²) in [4.78, 5) is 4.80. The number of imidazole rings is 1. The van der Waals surface area contributed by atoms with Crippen molar-refractivity contribution in [1.29, 1.82) is 0 Å². The van der Waals surface area contributed by atoms with E-state index in [1.807, 2.05) is 13.0 Å². The number of hydrogen-bond donors (Lipinski definition) is 0. The third-order valence-corrected chi connectivity index (χ3v) is 5.49. The molecule has 0 saturated heterocycles. The summed E-state index contributed by atoms with van der Waals surface area (Å²) in [5.41, 5.74) is 2.53. The largest absolute Gasteiger partial charge is 0.323 e. The van der Waals surface area contributed by atoms with Gasteiger partial charge in [0.25, 0.3) is 0 Å². The van der Waals surface area contributed by atoms with Crippen LogP contribution in [-0.4, -0.2) is 9.55 Å². The fourth-order valence-electron chi connectivity index (χ4n) is 3.65. The number of alkyl halides is 1. The number of hydrogen-bond acceptors (Lipinski definition) is 1. The van der Waals surface area contributed by atoms with Crippen LogP contribution in [0.3, 0.4) is 0 Å². The quantitative estimate of drug-likeness (QED) is 0.573. The number of fused-ring (bicyclic) bond motifs is 1. The average molecular weight is 370 g/mol. The summed E-state index contributed by atoms with van der Waals surface area (Å²) in [6.45, 7) is 6.77. The Balaban J connectivity index is 2.23. The Morgan fingerprint density at radius 3 is 2.81 bits per heavy atom. The van der Waals surface area contributed by atoms with Gasteiger partial charge in [0.15, 0.2) is 0 Å². The van der Waals surface area contributed by atoms with Gasteiger partial charge in [0.1, 0.15) is 5.82 Å². The summed E-state index contributed by atoms with van der Waals surface area (Å²) in [5, 5.41) is -0.0751. The highest BCUT2D eigenvalue weighted by molar-refractivity contribution is 9.10.